The van der Waals surface area contributed by atoms with E-state index in [-0.39, 0.29) is 6.42 Å². The van der Waals surface area contributed by atoms with E-state index in [0.29, 0.717) is 6.29 Å². The molecular formula is C7H13N3O4. The normalized spacial score (nSPS) is 14.1. The predicted octanol–water partition coefficient (Wildman–Crippen LogP) is -3.13. The van der Waals surface area contributed by atoms with Crippen molar-refractivity contribution in [1.82, 2.24) is 5.32 Å². The van der Waals surface area contributed by atoms with Crippen molar-refractivity contribution in [1.29, 1.82) is 0 Å². The first kappa shape index (κ1) is 12.5. The average molecular weight is 203 g/mol. The van der Waals surface area contributed by atoms with Crippen molar-refractivity contribution in [2.24, 2.45) is 11.5 Å². The molecule has 0 aromatic carbocycles. The van der Waals surface area contributed by atoms with Crippen molar-refractivity contribution >= 4 is 18.1 Å². The number of rotatable bonds is 6. The minimum absolute atomic E-state index is 0.303. The van der Waals surface area contributed by atoms with Crippen LogP contribution in [0.1, 0.15) is 6.42 Å². The molecular weight excluding hydrogens is 190 g/mol. The average Bonchev–Trinajstić information content (AvgIpc) is 2.12. The fourth-order valence-corrected chi connectivity index (χ4v) is 0.722. The largest absolute Gasteiger partial charge is 0.394 e. The number of amides is 2. The standard InChI is InChI=1S/C7H13N3O4/c8-5(1-6(9)13)7(14)10-4(2-11)3-12/h2,4-5,12H,1,3,8H2,(H2,9,13)(H,10,14)/t4-,5+/m1/s1. The van der Waals surface area contributed by atoms with E-state index < -0.39 is 30.5 Å². The minimum atomic E-state index is -1.10. The van der Waals surface area contributed by atoms with E-state index in [1.165, 1.54) is 0 Å². The molecule has 14 heavy (non-hydrogen) atoms. The minimum Gasteiger partial charge on any atom is -0.394 e. The summed E-state index contributed by atoms with van der Waals surface area (Å²) < 4.78 is 0. The van der Waals surface area contributed by atoms with Crippen molar-refractivity contribution < 1.29 is 19.5 Å². The Balaban J connectivity index is 4.05. The predicted molar refractivity (Wildman–Crippen MR) is 46.9 cm³/mol. The molecule has 0 aliphatic carbocycles. The lowest BCUT2D eigenvalue weighted by molar-refractivity contribution is -0.128. The summed E-state index contributed by atoms with van der Waals surface area (Å²) in [6, 6.07) is -2.09. The highest BCUT2D eigenvalue weighted by atomic mass is 16.3. The van der Waals surface area contributed by atoms with Crippen molar-refractivity contribution in [3.05, 3.63) is 0 Å². The molecule has 0 saturated heterocycles. The fourth-order valence-electron chi connectivity index (χ4n) is 0.722. The van der Waals surface area contributed by atoms with E-state index in [1.54, 1.807) is 0 Å². The van der Waals surface area contributed by atoms with Crippen LogP contribution in [-0.4, -0.2) is 41.9 Å². The molecule has 2 atom stereocenters. The summed E-state index contributed by atoms with van der Waals surface area (Å²) in [6.07, 6.45) is 0.0672. The smallest absolute Gasteiger partial charge is 0.238 e. The molecule has 0 unspecified atom stereocenters. The molecule has 0 heterocycles. The maximum Gasteiger partial charge on any atom is 0.238 e. The Hall–Kier alpha value is -1.47. The lowest BCUT2D eigenvalue weighted by Gasteiger charge is -2.13. The van der Waals surface area contributed by atoms with Crippen molar-refractivity contribution in [3.8, 4) is 0 Å². The van der Waals surface area contributed by atoms with Crippen molar-refractivity contribution in [2.45, 2.75) is 18.5 Å². The number of carbonyl (C=O) groups excluding carboxylic acids is 3. The SMILES string of the molecule is NC(=O)C[C@H](N)C(=O)N[C@H](C=O)CO. The second-order valence-electron chi connectivity index (χ2n) is 2.71. The third-order valence-electron chi connectivity index (χ3n) is 1.45. The van der Waals surface area contributed by atoms with Crippen LogP contribution in [0.3, 0.4) is 0 Å². The summed E-state index contributed by atoms with van der Waals surface area (Å²) in [5.41, 5.74) is 10.1. The third kappa shape index (κ3) is 4.53. The highest BCUT2D eigenvalue weighted by Gasteiger charge is 2.18. The molecule has 0 aromatic heterocycles. The van der Waals surface area contributed by atoms with Gasteiger partial charge in [0.2, 0.25) is 11.8 Å². The first-order valence-corrected chi connectivity index (χ1v) is 3.91. The van der Waals surface area contributed by atoms with E-state index >= 15 is 0 Å². The Morgan fingerprint density at radius 3 is 2.43 bits per heavy atom. The molecule has 0 aromatic rings. The quantitative estimate of drug-likeness (QED) is 0.338. The summed E-state index contributed by atoms with van der Waals surface area (Å²) in [5, 5.41) is 10.7. The number of nitrogens with two attached hydrogens (primary N) is 2. The Kier molecular flexibility index (Phi) is 5.42. The molecule has 7 nitrogen and oxygen atoms in total. The molecule has 0 radical (unpaired) electrons. The summed E-state index contributed by atoms with van der Waals surface area (Å²) in [6.45, 7) is -0.515. The van der Waals surface area contributed by atoms with Crippen molar-refractivity contribution in [2.75, 3.05) is 6.61 Å². The summed E-state index contributed by atoms with van der Waals surface area (Å²) in [4.78, 5) is 31.7. The fraction of sp³-hybridized carbons (Fsp3) is 0.571. The van der Waals surface area contributed by atoms with Crippen LogP contribution in [0.25, 0.3) is 0 Å². The van der Waals surface area contributed by atoms with Crippen LogP contribution in [0.15, 0.2) is 0 Å². The molecule has 0 bridgehead atoms. The van der Waals surface area contributed by atoms with Gasteiger partial charge in [0, 0.05) is 0 Å². The van der Waals surface area contributed by atoms with Gasteiger partial charge in [-0.05, 0) is 0 Å². The van der Waals surface area contributed by atoms with E-state index in [2.05, 4.69) is 5.32 Å². The zero-order valence-corrected chi connectivity index (χ0v) is 7.47. The van der Waals surface area contributed by atoms with Crippen LogP contribution in [0.5, 0.6) is 0 Å². The van der Waals surface area contributed by atoms with Gasteiger partial charge in [0.05, 0.1) is 19.1 Å². The van der Waals surface area contributed by atoms with Gasteiger partial charge in [-0.1, -0.05) is 0 Å². The van der Waals surface area contributed by atoms with Gasteiger partial charge in [0.25, 0.3) is 0 Å². The summed E-state index contributed by atoms with van der Waals surface area (Å²) in [7, 11) is 0. The molecule has 2 amide bonds. The van der Waals surface area contributed by atoms with E-state index in [1.807, 2.05) is 0 Å². The molecule has 0 saturated carbocycles. The molecule has 0 spiro atoms. The van der Waals surface area contributed by atoms with Gasteiger partial charge in [-0.25, -0.2) is 0 Å². The van der Waals surface area contributed by atoms with Crippen LogP contribution in [0, 0.1) is 0 Å². The number of aldehydes is 1. The van der Waals surface area contributed by atoms with Gasteiger partial charge in [-0.15, -0.1) is 0 Å². The molecule has 7 heteroatoms. The van der Waals surface area contributed by atoms with Gasteiger partial charge in [0.1, 0.15) is 12.3 Å². The monoisotopic (exact) mass is 203 g/mol. The lowest BCUT2D eigenvalue weighted by atomic mass is 10.2. The highest BCUT2D eigenvalue weighted by molar-refractivity contribution is 5.88. The number of hydrogen-bond acceptors (Lipinski definition) is 5. The zero-order chi connectivity index (χ0) is 11.1. The van der Waals surface area contributed by atoms with Crippen LogP contribution >= 0.6 is 0 Å². The van der Waals surface area contributed by atoms with E-state index in [0.717, 1.165) is 0 Å². The zero-order valence-electron chi connectivity index (χ0n) is 7.47. The second-order valence-corrected chi connectivity index (χ2v) is 2.71. The van der Waals surface area contributed by atoms with Gasteiger partial charge in [-0.2, -0.15) is 0 Å². The number of aliphatic hydroxyl groups excluding tert-OH is 1. The topological polar surface area (TPSA) is 136 Å². The number of aliphatic hydroxyl groups is 1. The molecule has 80 valence electrons. The van der Waals surface area contributed by atoms with Gasteiger partial charge in [0.15, 0.2) is 0 Å². The Labute approximate surface area is 80.4 Å². The number of carbonyl (C=O) groups is 3. The molecule has 0 aliphatic rings. The first-order valence-electron chi connectivity index (χ1n) is 3.91. The second kappa shape index (κ2) is 6.06. The first-order chi connectivity index (χ1) is 6.51. The molecule has 0 aliphatic heterocycles. The lowest BCUT2D eigenvalue weighted by Crippen LogP contribution is -2.48. The van der Waals surface area contributed by atoms with E-state index in [9.17, 15) is 14.4 Å². The maximum absolute atomic E-state index is 11.1. The Morgan fingerprint density at radius 1 is 1.50 bits per heavy atom. The molecule has 6 N–H and O–H groups in total. The molecule has 0 fully saturated rings. The molecule has 0 rings (SSSR count). The number of hydrogen-bond donors (Lipinski definition) is 4. The van der Waals surface area contributed by atoms with Crippen LogP contribution < -0.4 is 16.8 Å². The Morgan fingerprint density at radius 2 is 2.07 bits per heavy atom. The van der Waals surface area contributed by atoms with Crippen molar-refractivity contribution in [3.63, 3.8) is 0 Å². The summed E-state index contributed by atoms with van der Waals surface area (Å²) >= 11 is 0. The van der Waals surface area contributed by atoms with Crippen LogP contribution in [0.2, 0.25) is 0 Å². The van der Waals surface area contributed by atoms with Crippen LogP contribution in [-0.2, 0) is 14.4 Å². The third-order valence-corrected chi connectivity index (χ3v) is 1.45. The van der Waals surface area contributed by atoms with Gasteiger partial charge in [-0.3, -0.25) is 9.59 Å². The van der Waals surface area contributed by atoms with E-state index in [4.69, 9.17) is 16.6 Å². The van der Waals surface area contributed by atoms with Crippen LogP contribution in [0.4, 0.5) is 0 Å². The van der Waals surface area contributed by atoms with Gasteiger partial charge < -0.3 is 26.7 Å². The van der Waals surface area contributed by atoms with Gasteiger partial charge >= 0.3 is 0 Å². The highest BCUT2D eigenvalue weighted by Crippen LogP contribution is 1.88. The number of primary amides is 1. The number of nitrogens with one attached hydrogen (secondary N) is 1. The Bertz CT molecular complexity index is 231. The maximum atomic E-state index is 11.1. The summed E-state index contributed by atoms with van der Waals surface area (Å²) in [5.74, 6) is -1.41.